The van der Waals surface area contributed by atoms with Crippen molar-refractivity contribution in [2.75, 3.05) is 5.75 Å². The number of hydrogen-bond donors (Lipinski definition) is 0. The molecular weight excluding hydrogens is 169 g/mol. The van der Waals surface area contributed by atoms with Gasteiger partial charge < -0.3 is 9.90 Å². The molecule has 6 heteroatoms. The highest BCUT2D eigenvalue weighted by atomic mass is 32.2. The molecule has 0 aromatic carbocycles. The lowest BCUT2D eigenvalue weighted by atomic mass is 10.5. The van der Waals surface area contributed by atoms with Crippen LogP contribution >= 0.6 is 11.8 Å². The summed E-state index contributed by atoms with van der Waals surface area (Å²) >= 11 is -0.359. The average molecular weight is 173 g/mol. The van der Waals surface area contributed by atoms with E-state index in [1.807, 2.05) is 0 Å². The minimum Gasteiger partial charge on any atom is -0.550 e. The Morgan fingerprint density at radius 1 is 1.50 bits per heavy atom. The Morgan fingerprint density at radius 2 is 2.00 bits per heavy atom. The molecule has 0 rings (SSSR count). The third kappa shape index (κ3) is 7.61. The zero-order valence-electron chi connectivity index (χ0n) is 4.77. The fourth-order valence-electron chi connectivity index (χ4n) is 0.250. The molecule has 0 aliphatic carbocycles. The highest BCUT2D eigenvalue weighted by molar-refractivity contribution is 8.00. The van der Waals surface area contributed by atoms with Crippen LogP contribution in [0, 0.1) is 0 Å². The van der Waals surface area contributed by atoms with E-state index in [4.69, 9.17) is 0 Å². The average Bonchev–Trinajstić information content (AvgIpc) is 1.59. The van der Waals surface area contributed by atoms with Gasteiger partial charge in [0.05, 0.1) is 0 Å². The number of thioether (sulfide) groups is 1. The Morgan fingerprint density at radius 3 is 2.30 bits per heavy atom. The summed E-state index contributed by atoms with van der Waals surface area (Å²) in [7, 11) is 0. The van der Waals surface area contributed by atoms with Crippen LogP contribution in [0.15, 0.2) is 0 Å². The van der Waals surface area contributed by atoms with Gasteiger partial charge in [0, 0.05) is 11.7 Å². The minimum atomic E-state index is -4.34. The summed E-state index contributed by atoms with van der Waals surface area (Å²) in [6.07, 6.45) is -0.565. The van der Waals surface area contributed by atoms with Crippen LogP contribution in [0.1, 0.15) is 6.42 Å². The summed E-state index contributed by atoms with van der Waals surface area (Å²) in [5, 5.41) is 9.59. The van der Waals surface area contributed by atoms with Crippen molar-refractivity contribution in [3.8, 4) is 0 Å². The number of aliphatic carboxylic acids is 1. The Labute approximate surface area is 59.4 Å². The monoisotopic (exact) mass is 173 g/mol. The van der Waals surface area contributed by atoms with Gasteiger partial charge in [-0.15, -0.1) is 0 Å². The Bertz CT molecular complexity index is 122. The van der Waals surface area contributed by atoms with Gasteiger partial charge in [-0.25, -0.2) is 0 Å². The summed E-state index contributed by atoms with van der Waals surface area (Å²) in [4.78, 5) is 9.59. The Hall–Kier alpha value is -0.390. The topological polar surface area (TPSA) is 40.1 Å². The molecule has 2 nitrogen and oxygen atoms in total. The van der Waals surface area contributed by atoms with E-state index in [0.29, 0.717) is 0 Å². The molecule has 0 amide bonds. The molecule has 0 aromatic heterocycles. The number of carboxylic acids is 1. The van der Waals surface area contributed by atoms with E-state index in [1.54, 1.807) is 0 Å². The molecule has 0 bridgehead atoms. The van der Waals surface area contributed by atoms with Gasteiger partial charge >= 0.3 is 5.51 Å². The number of carboxylic acid groups (broad SMARTS) is 1. The van der Waals surface area contributed by atoms with Crippen LogP contribution in [0.2, 0.25) is 0 Å². The van der Waals surface area contributed by atoms with Crippen molar-refractivity contribution in [3.05, 3.63) is 0 Å². The number of rotatable bonds is 3. The van der Waals surface area contributed by atoms with Gasteiger partial charge in [-0.05, 0) is 6.42 Å². The third-order valence-corrected chi connectivity index (χ3v) is 1.31. The van der Waals surface area contributed by atoms with Crippen LogP contribution in [-0.4, -0.2) is 17.2 Å². The first-order chi connectivity index (χ1) is 4.42. The molecule has 0 fully saturated rings. The summed E-state index contributed by atoms with van der Waals surface area (Å²) in [6.45, 7) is 0. The summed E-state index contributed by atoms with van der Waals surface area (Å²) in [6, 6.07) is 0. The van der Waals surface area contributed by atoms with Crippen molar-refractivity contribution >= 4 is 17.7 Å². The predicted molar refractivity (Wildman–Crippen MR) is 28.1 cm³/mol. The van der Waals surface area contributed by atoms with Crippen molar-refractivity contribution in [1.29, 1.82) is 0 Å². The van der Waals surface area contributed by atoms with E-state index < -0.39 is 23.7 Å². The smallest absolute Gasteiger partial charge is 0.441 e. The van der Waals surface area contributed by atoms with Gasteiger partial charge in [-0.3, -0.25) is 0 Å². The van der Waals surface area contributed by atoms with Crippen molar-refractivity contribution < 1.29 is 23.1 Å². The normalized spacial score (nSPS) is 11.5. The van der Waals surface area contributed by atoms with Crippen molar-refractivity contribution in [2.45, 2.75) is 11.9 Å². The van der Waals surface area contributed by atoms with Crippen molar-refractivity contribution in [3.63, 3.8) is 0 Å². The minimum absolute atomic E-state index is 0.359. The van der Waals surface area contributed by atoms with Crippen LogP contribution in [-0.2, 0) is 4.79 Å². The lowest BCUT2D eigenvalue weighted by molar-refractivity contribution is -0.305. The van der Waals surface area contributed by atoms with Crippen LogP contribution in [0.3, 0.4) is 0 Å². The molecule has 0 saturated heterocycles. The molecule has 10 heavy (non-hydrogen) atoms. The van der Waals surface area contributed by atoms with E-state index >= 15 is 0 Å². The van der Waals surface area contributed by atoms with Crippen LogP contribution < -0.4 is 5.11 Å². The first kappa shape index (κ1) is 9.61. The van der Waals surface area contributed by atoms with E-state index in [0.717, 1.165) is 0 Å². The molecule has 60 valence electrons. The zero-order valence-corrected chi connectivity index (χ0v) is 5.59. The highest BCUT2D eigenvalue weighted by Gasteiger charge is 2.27. The molecule has 0 atom stereocenters. The van der Waals surface area contributed by atoms with Crippen molar-refractivity contribution in [1.82, 2.24) is 0 Å². The fraction of sp³-hybridized carbons (Fsp3) is 0.750. The van der Waals surface area contributed by atoms with Crippen LogP contribution in [0.25, 0.3) is 0 Å². The number of halogens is 3. The van der Waals surface area contributed by atoms with Gasteiger partial charge in [0.25, 0.3) is 0 Å². The highest BCUT2D eigenvalue weighted by Crippen LogP contribution is 2.30. The standard InChI is InChI=1S/C4H5F3O2S/c5-4(6,7)10-2-1-3(8)9/h1-2H2,(H,8,9)/p-1. The van der Waals surface area contributed by atoms with Crippen LogP contribution in [0.4, 0.5) is 13.2 Å². The van der Waals surface area contributed by atoms with Gasteiger partial charge in [0.2, 0.25) is 0 Å². The zero-order chi connectivity index (χ0) is 8.20. The molecule has 0 radical (unpaired) electrons. The first-order valence-electron chi connectivity index (χ1n) is 2.32. The van der Waals surface area contributed by atoms with E-state index in [-0.39, 0.29) is 11.8 Å². The van der Waals surface area contributed by atoms with Gasteiger partial charge in [0.1, 0.15) is 0 Å². The van der Waals surface area contributed by atoms with E-state index in [9.17, 15) is 23.1 Å². The van der Waals surface area contributed by atoms with Gasteiger partial charge in [-0.1, -0.05) is 11.8 Å². The third-order valence-electron chi connectivity index (χ3n) is 0.572. The van der Waals surface area contributed by atoms with Gasteiger partial charge in [-0.2, -0.15) is 13.2 Å². The second kappa shape index (κ2) is 3.70. The molecular formula is C4H4F3O2S-. The summed E-state index contributed by atoms with van der Waals surface area (Å²) < 4.78 is 33.8. The molecule has 0 aliphatic heterocycles. The molecule has 0 unspecified atom stereocenters. The van der Waals surface area contributed by atoms with E-state index in [1.165, 1.54) is 0 Å². The number of hydrogen-bond acceptors (Lipinski definition) is 3. The van der Waals surface area contributed by atoms with E-state index in [2.05, 4.69) is 0 Å². The summed E-state index contributed by atoms with van der Waals surface area (Å²) in [5.74, 6) is -1.94. The maximum Gasteiger partial charge on any atom is 0.441 e. The van der Waals surface area contributed by atoms with Crippen molar-refractivity contribution in [2.24, 2.45) is 0 Å². The maximum atomic E-state index is 11.3. The lowest BCUT2D eigenvalue weighted by Gasteiger charge is -2.04. The largest absolute Gasteiger partial charge is 0.550 e. The maximum absolute atomic E-state index is 11.3. The second-order valence-corrected chi connectivity index (χ2v) is 2.58. The molecule has 0 heterocycles. The summed E-state index contributed by atoms with van der Waals surface area (Å²) in [5.41, 5.74) is -4.34. The molecule has 0 saturated carbocycles. The SMILES string of the molecule is O=C([O-])CCSC(F)(F)F. The first-order valence-corrected chi connectivity index (χ1v) is 3.31. The van der Waals surface area contributed by atoms with Crippen LogP contribution in [0.5, 0.6) is 0 Å². The number of alkyl halides is 3. The molecule has 0 aliphatic rings. The number of carbonyl (C=O) groups excluding carboxylic acids is 1. The Balaban J connectivity index is 3.29. The molecule has 0 aromatic rings. The van der Waals surface area contributed by atoms with Gasteiger partial charge in [0.15, 0.2) is 0 Å². The number of carbonyl (C=O) groups is 1. The second-order valence-electron chi connectivity index (χ2n) is 1.42. The fourth-order valence-corrected chi connectivity index (χ4v) is 0.750. The molecule has 0 spiro atoms. The lowest BCUT2D eigenvalue weighted by Crippen LogP contribution is -2.22. The molecule has 0 N–H and O–H groups in total. The Kier molecular flexibility index (Phi) is 3.55. The quantitative estimate of drug-likeness (QED) is 0.619. The predicted octanol–water partition coefficient (Wildman–Crippen LogP) is 0.379.